The molecule has 1 aliphatic heterocycles. The molecule has 2 heterocycles. The fourth-order valence-electron chi connectivity index (χ4n) is 3.62. The van der Waals surface area contributed by atoms with Gasteiger partial charge in [0, 0.05) is 23.5 Å². The predicted molar refractivity (Wildman–Crippen MR) is 112 cm³/mol. The van der Waals surface area contributed by atoms with Gasteiger partial charge in [-0.25, -0.2) is 4.79 Å². The Labute approximate surface area is 174 Å². The fraction of sp³-hybridized carbons (Fsp3) is 0.304. The van der Waals surface area contributed by atoms with Gasteiger partial charge in [-0.1, -0.05) is 24.3 Å². The summed E-state index contributed by atoms with van der Waals surface area (Å²) in [5, 5.41) is 3.77. The molecular weight excluding hydrogens is 384 g/mol. The van der Waals surface area contributed by atoms with Crippen LogP contribution in [0.3, 0.4) is 0 Å². The van der Waals surface area contributed by atoms with Crippen LogP contribution >= 0.6 is 0 Å². The van der Waals surface area contributed by atoms with Crippen LogP contribution in [0.5, 0.6) is 11.5 Å². The highest BCUT2D eigenvalue weighted by Crippen LogP contribution is 2.32. The van der Waals surface area contributed by atoms with E-state index in [0.717, 1.165) is 28.6 Å². The number of nitrogens with zero attached hydrogens (tertiary/aromatic N) is 1. The maximum atomic E-state index is 12.7. The zero-order valence-electron chi connectivity index (χ0n) is 17.0. The topological polar surface area (TPSA) is 78.8 Å². The number of fused-ring (bicyclic) bond motifs is 2. The van der Waals surface area contributed by atoms with Crippen molar-refractivity contribution in [2.75, 3.05) is 20.3 Å². The Hall–Kier alpha value is -3.48. The van der Waals surface area contributed by atoms with Gasteiger partial charge in [0.2, 0.25) is 5.91 Å². The monoisotopic (exact) mass is 408 g/mol. The molecule has 0 spiro atoms. The second-order valence-corrected chi connectivity index (χ2v) is 7.23. The number of hydrogen-bond donors (Lipinski definition) is 1. The molecular formula is C23H24N2O5. The van der Waals surface area contributed by atoms with Gasteiger partial charge in [-0.05, 0) is 30.7 Å². The number of para-hydroxylation sites is 1. The smallest absolute Gasteiger partial charge is 0.340 e. The molecule has 0 unspecified atom stereocenters. The van der Waals surface area contributed by atoms with E-state index in [1.807, 2.05) is 49.4 Å². The predicted octanol–water partition coefficient (Wildman–Crippen LogP) is 3.47. The van der Waals surface area contributed by atoms with Gasteiger partial charge in [-0.15, -0.1) is 0 Å². The van der Waals surface area contributed by atoms with Crippen molar-refractivity contribution >= 4 is 22.8 Å². The third-order valence-corrected chi connectivity index (χ3v) is 5.16. The van der Waals surface area contributed by atoms with E-state index < -0.39 is 5.97 Å². The first-order valence-corrected chi connectivity index (χ1v) is 9.92. The normalized spacial score (nSPS) is 14.1. The van der Waals surface area contributed by atoms with Gasteiger partial charge in [0.15, 0.2) is 11.5 Å². The lowest BCUT2D eigenvalue weighted by molar-refractivity contribution is -0.122. The number of hydrogen-bond acceptors (Lipinski definition) is 5. The molecule has 0 fully saturated rings. The summed E-state index contributed by atoms with van der Waals surface area (Å²) in [6.45, 7) is 3.26. The third-order valence-electron chi connectivity index (χ3n) is 5.16. The number of carbonyl (C=O) groups is 2. The zero-order chi connectivity index (χ0) is 21.1. The summed E-state index contributed by atoms with van der Waals surface area (Å²) < 4.78 is 18.0. The summed E-state index contributed by atoms with van der Waals surface area (Å²) in [6.07, 6.45) is 2.50. The Balaban J connectivity index is 1.50. The lowest BCUT2D eigenvalue weighted by Gasteiger charge is -2.17. The van der Waals surface area contributed by atoms with E-state index >= 15 is 0 Å². The number of carbonyl (C=O) groups excluding carboxylic acids is 2. The highest BCUT2D eigenvalue weighted by molar-refractivity contribution is 6.04. The summed E-state index contributed by atoms with van der Waals surface area (Å²) >= 11 is 0. The molecule has 4 rings (SSSR count). The van der Waals surface area contributed by atoms with Crippen LogP contribution in [-0.4, -0.2) is 36.8 Å². The molecule has 0 aliphatic carbocycles. The maximum absolute atomic E-state index is 12.7. The fourth-order valence-corrected chi connectivity index (χ4v) is 3.62. The van der Waals surface area contributed by atoms with Crippen molar-refractivity contribution in [2.24, 2.45) is 0 Å². The van der Waals surface area contributed by atoms with Crippen molar-refractivity contribution in [1.29, 1.82) is 0 Å². The standard InChI is InChI=1S/C23H24N2O5/c1-15(16-8-9-20-21(12-16)30-11-5-10-29-20)24-22(26)14-25-13-18(23(27)28-2)17-6-3-4-7-19(17)25/h3-4,6-9,12-13,15H,5,10-11,14H2,1-2H3,(H,24,26)/t15-/m0/s1. The van der Waals surface area contributed by atoms with Gasteiger partial charge in [-0.3, -0.25) is 4.79 Å². The minimum absolute atomic E-state index is 0.0897. The third kappa shape index (κ3) is 3.96. The van der Waals surface area contributed by atoms with Crippen molar-refractivity contribution in [1.82, 2.24) is 9.88 Å². The molecule has 156 valence electrons. The Morgan fingerprint density at radius 3 is 2.70 bits per heavy atom. The number of ether oxygens (including phenoxy) is 3. The van der Waals surface area contributed by atoms with Crippen LogP contribution in [0, 0.1) is 0 Å². The van der Waals surface area contributed by atoms with Gasteiger partial charge in [0.25, 0.3) is 0 Å². The molecule has 2 aromatic carbocycles. The number of aromatic nitrogens is 1. The molecule has 1 atom stereocenters. The van der Waals surface area contributed by atoms with E-state index in [-0.39, 0.29) is 18.5 Å². The number of nitrogens with one attached hydrogen (secondary N) is 1. The van der Waals surface area contributed by atoms with E-state index in [9.17, 15) is 9.59 Å². The Morgan fingerprint density at radius 1 is 1.13 bits per heavy atom. The van der Waals surface area contributed by atoms with Crippen LogP contribution in [0.25, 0.3) is 10.9 Å². The van der Waals surface area contributed by atoms with Gasteiger partial charge in [-0.2, -0.15) is 0 Å². The first-order chi connectivity index (χ1) is 14.6. The highest BCUT2D eigenvalue weighted by atomic mass is 16.5. The number of amides is 1. The Bertz CT molecular complexity index is 1090. The van der Waals surface area contributed by atoms with Crippen LogP contribution in [0.4, 0.5) is 0 Å². The molecule has 1 amide bonds. The molecule has 3 aromatic rings. The molecule has 30 heavy (non-hydrogen) atoms. The largest absolute Gasteiger partial charge is 0.490 e. The van der Waals surface area contributed by atoms with Gasteiger partial charge in [0.05, 0.1) is 31.9 Å². The van der Waals surface area contributed by atoms with Crippen LogP contribution in [0.1, 0.15) is 35.3 Å². The SMILES string of the molecule is COC(=O)c1cn(CC(=O)N[C@@H](C)c2ccc3c(c2)OCCCO3)c2ccccc12. The molecule has 7 nitrogen and oxygen atoms in total. The summed E-state index contributed by atoms with van der Waals surface area (Å²) in [7, 11) is 1.35. The number of esters is 1. The van der Waals surface area contributed by atoms with Gasteiger partial charge < -0.3 is 24.1 Å². The van der Waals surface area contributed by atoms with Gasteiger partial charge >= 0.3 is 5.97 Å². The maximum Gasteiger partial charge on any atom is 0.340 e. The molecule has 1 aromatic heterocycles. The molecule has 0 bridgehead atoms. The van der Waals surface area contributed by atoms with Crippen LogP contribution in [0.2, 0.25) is 0 Å². The van der Waals surface area contributed by atoms with Crippen LogP contribution < -0.4 is 14.8 Å². The van der Waals surface area contributed by atoms with Crippen molar-refractivity contribution in [2.45, 2.75) is 25.9 Å². The lowest BCUT2D eigenvalue weighted by atomic mass is 10.1. The van der Waals surface area contributed by atoms with Crippen molar-refractivity contribution in [3.8, 4) is 11.5 Å². The van der Waals surface area contributed by atoms with E-state index in [4.69, 9.17) is 14.2 Å². The number of rotatable bonds is 5. The quantitative estimate of drug-likeness (QED) is 0.654. The number of benzene rings is 2. The Morgan fingerprint density at radius 2 is 1.90 bits per heavy atom. The zero-order valence-corrected chi connectivity index (χ0v) is 17.0. The lowest BCUT2D eigenvalue weighted by Crippen LogP contribution is -2.30. The summed E-state index contributed by atoms with van der Waals surface area (Å²) in [4.78, 5) is 24.8. The van der Waals surface area contributed by atoms with Gasteiger partial charge in [0.1, 0.15) is 6.54 Å². The molecule has 0 saturated carbocycles. The minimum Gasteiger partial charge on any atom is -0.490 e. The highest BCUT2D eigenvalue weighted by Gasteiger charge is 2.18. The summed E-state index contributed by atoms with van der Waals surface area (Å²) in [5.41, 5.74) is 2.17. The van der Waals surface area contributed by atoms with Crippen molar-refractivity contribution in [3.05, 3.63) is 59.8 Å². The first kappa shape index (κ1) is 19.8. The molecule has 1 N–H and O–H groups in total. The summed E-state index contributed by atoms with van der Waals surface area (Å²) in [6, 6.07) is 12.9. The second kappa shape index (κ2) is 8.49. The van der Waals surface area contributed by atoms with E-state index in [1.54, 1.807) is 10.8 Å². The minimum atomic E-state index is -0.425. The average Bonchev–Trinajstić information content (AvgIpc) is 2.95. The summed E-state index contributed by atoms with van der Waals surface area (Å²) in [5.74, 6) is 0.840. The van der Waals surface area contributed by atoms with E-state index in [2.05, 4.69) is 5.32 Å². The van der Waals surface area contributed by atoms with Crippen LogP contribution in [-0.2, 0) is 16.1 Å². The van der Waals surface area contributed by atoms with Crippen LogP contribution in [0.15, 0.2) is 48.7 Å². The second-order valence-electron chi connectivity index (χ2n) is 7.23. The molecule has 7 heteroatoms. The average molecular weight is 408 g/mol. The van der Waals surface area contributed by atoms with E-state index in [1.165, 1.54) is 7.11 Å². The molecule has 0 radical (unpaired) electrons. The molecule has 0 saturated heterocycles. The Kier molecular flexibility index (Phi) is 5.61. The van der Waals surface area contributed by atoms with Crippen molar-refractivity contribution < 1.29 is 23.8 Å². The van der Waals surface area contributed by atoms with Crippen molar-refractivity contribution in [3.63, 3.8) is 0 Å². The number of methoxy groups -OCH3 is 1. The molecule has 1 aliphatic rings. The first-order valence-electron chi connectivity index (χ1n) is 9.92. The van der Waals surface area contributed by atoms with E-state index in [0.29, 0.717) is 24.5 Å².